The first-order chi connectivity index (χ1) is 6.65. The van der Waals surface area contributed by atoms with Gasteiger partial charge in [-0.15, -0.1) is 11.6 Å². The van der Waals surface area contributed by atoms with Crippen LogP contribution in [-0.4, -0.2) is 5.88 Å². The fourth-order valence-electron chi connectivity index (χ4n) is 1.06. The van der Waals surface area contributed by atoms with Gasteiger partial charge in [-0.05, 0) is 24.6 Å². The van der Waals surface area contributed by atoms with Gasteiger partial charge in [-0.25, -0.2) is 4.39 Å². The summed E-state index contributed by atoms with van der Waals surface area (Å²) in [5.41, 5.74) is 7.51. The first-order valence-corrected chi connectivity index (χ1v) is 4.79. The number of hydrogen-bond donors (Lipinski definition) is 1. The van der Waals surface area contributed by atoms with Crippen molar-refractivity contribution in [2.24, 2.45) is 0 Å². The summed E-state index contributed by atoms with van der Waals surface area (Å²) in [6.07, 6.45) is 0.580. The topological polar surface area (TPSA) is 26.0 Å². The van der Waals surface area contributed by atoms with Gasteiger partial charge in [0.05, 0.1) is 11.3 Å². The van der Waals surface area contributed by atoms with E-state index >= 15 is 0 Å². The Hall–Kier alpha value is -1.20. The third-order valence-electron chi connectivity index (χ3n) is 1.79. The van der Waals surface area contributed by atoms with E-state index in [1.807, 2.05) is 0 Å². The second kappa shape index (κ2) is 4.88. The van der Waals surface area contributed by atoms with Crippen molar-refractivity contribution < 1.29 is 4.39 Å². The van der Waals surface area contributed by atoms with Crippen LogP contribution in [0, 0.1) is 24.6 Å². The fraction of sp³-hybridized carbons (Fsp3) is 0.273. The van der Waals surface area contributed by atoms with Crippen LogP contribution >= 0.6 is 11.6 Å². The van der Waals surface area contributed by atoms with Crippen molar-refractivity contribution in [2.75, 3.05) is 11.6 Å². The van der Waals surface area contributed by atoms with Gasteiger partial charge in [0.25, 0.3) is 0 Å². The maximum Gasteiger partial charge on any atom is 0.124 e. The number of anilines is 1. The normalized spacial score (nSPS) is 9.36. The van der Waals surface area contributed by atoms with Crippen LogP contribution in [0.4, 0.5) is 10.1 Å². The number of benzene rings is 1. The van der Waals surface area contributed by atoms with Gasteiger partial charge < -0.3 is 5.73 Å². The van der Waals surface area contributed by atoms with Gasteiger partial charge in [-0.2, -0.15) is 0 Å². The highest BCUT2D eigenvalue weighted by Crippen LogP contribution is 2.17. The molecular weight excluding hydrogens is 201 g/mol. The Labute approximate surface area is 88.1 Å². The van der Waals surface area contributed by atoms with E-state index in [0.717, 1.165) is 0 Å². The van der Waals surface area contributed by atoms with Gasteiger partial charge in [0.2, 0.25) is 0 Å². The molecular formula is C11H11ClFN. The highest BCUT2D eigenvalue weighted by atomic mass is 35.5. The van der Waals surface area contributed by atoms with E-state index < -0.39 is 0 Å². The van der Waals surface area contributed by atoms with E-state index in [-0.39, 0.29) is 5.82 Å². The van der Waals surface area contributed by atoms with Crippen LogP contribution in [-0.2, 0) is 0 Å². The first kappa shape index (κ1) is 10.9. The molecule has 1 aromatic rings. The SMILES string of the molecule is Cc1cc(F)cc(C#CCCCl)c1N. The number of aryl methyl sites for hydroxylation is 1. The average molecular weight is 212 g/mol. The van der Waals surface area contributed by atoms with Gasteiger partial charge in [-0.1, -0.05) is 11.8 Å². The molecule has 0 saturated heterocycles. The lowest BCUT2D eigenvalue weighted by Crippen LogP contribution is -1.95. The third kappa shape index (κ3) is 2.65. The molecule has 0 fully saturated rings. The van der Waals surface area contributed by atoms with E-state index in [0.29, 0.717) is 29.1 Å². The molecule has 1 rings (SSSR count). The quantitative estimate of drug-likeness (QED) is 0.432. The Balaban J connectivity index is 3.04. The van der Waals surface area contributed by atoms with Crippen molar-refractivity contribution in [2.45, 2.75) is 13.3 Å². The summed E-state index contributed by atoms with van der Waals surface area (Å²) < 4.78 is 13.0. The van der Waals surface area contributed by atoms with Crippen LogP contribution in [0.1, 0.15) is 17.5 Å². The second-order valence-electron chi connectivity index (χ2n) is 2.92. The number of alkyl halides is 1. The molecule has 0 radical (unpaired) electrons. The molecule has 0 unspecified atom stereocenters. The molecule has 2 N–H and O–H groups in total. The predicted octanol–water partition coefficient (Wildman–Crippen LogP) is 2.70. The molecule has 1 nitrogen and oxygen atoms in total. The highest BCUT2D eigenvalue weighted by Gasteiger charge is 2.02. The monoisotopic (exact) mass is 211 g/mol. The molecule has 0 aliphatic rings. The minimum atomic E-state index is -0.313. The van der Waals surface area contributed by atoms with Crippen molar-refractivity contribution in [3.05, 3.63) is 29.1 Å². The Morgan fingerprint density at radius 1 is 1.50 bits per heavy atom. The summed E-state index contributed by atoms with van der Waals surface area (Å²) >= 11 is 5.46. The molecule has 74 valence electrons. The second-order valence-corrected chi connectivity index (χ2v) is 3.30. The van der Waals surface area contributed by atoms with E-state index in [1.54, 1.807) is 6.92 Å². The van der Waals surface area contributed by atoms with Crippen LogP contribution in [0.25, 0.3) is 0 Å². The summed E-state index contributed by atoms with van der Waals surface area (Å²) in [4.78, 5) is 0. The summed E-state index contributed by atoms with van der Waals surface area (Å²) in [5, 5.41) is 0. The molecule has 0 atom stereocenters. The van der Waals surface area contributed by atoms with Gasteiger partial charge >= 0.3 is 0 Å². The van der Waals surface area contributed by atoms with Gasteiger partial charge in [0.15, 0.2) is 0 Å². The van der Waals surface area contributed by atoms with Crippen LogP contribution in [0.15, 0.2) is 12.1 Å². The van der Waals surface area contributed by atoms with Crippen LogP contribution in [0.2, 0.25) is 0 Å². The Bertz CT molecular complexity index is 390. The standard InChI is InChI=1S/C11H11ClFN/c1-8-6-10(13)7-9(11(8)14)4-2-3-5-12/h6-7H,3,5,14H2,1H3. The first-order valence-electron chi connectivity index (χ1n) is 4.25. The van der Waals surface area contributed by atoms with Gasteiger partial charge in [-0.3, -0.25) is 0 Å². The Morgan fingerprint density at radius 3 is 2.86 bits per heavy atom. The van der Waals surface area contributed by atoms with Crippen molar-refractivity contribution in [3.8, 4) is 11.8 Å². The van der Waals surface area contributed by atoms with E-state index in [4.69, 9.17) is 17.3 Å². The maximum atomic E-state index is 13.0. The molecule has 14 heavy (non-hydrogen) atoms. The maximum absolute atomic E-state index is 13.0. The smallest absolute Gasteiger partial charge is 0.124 e. The fourth-order valence-corrected chi connectivity index (χ4v) is 1.16. The molecule has 0 amide bonds. The summed E-state index contributed by atoms with van der Waals surface area (Å²) in [6.45, 7) is 1.76. The Morgan fingerprint density at radius 2 is 2.21 bits per heavy atom. The van der Waals surface area contributed by atoms with Crippen LogP contribution in [0.3, 0.4) is 0 Å². The number of nitrogens with two attached hydrogens (primary N) is 1. The molecule has 1 aromatic carbocycles. The molecule has 0 aliphatic heterocycles. The lowest BCUT2D eigenvalue weighted by molar-refractivity contribution is 0.626. The summed E-state index contributed by atoms with van der Waals surface area (Å²) in [6, 6.07) is 2.73. The molecule has 0 spiro atoms. The summed E-state index contributed by atoms with van der Waals surface area (Å²) in [5.74, 6) is 5.77. The summed E-state index contributed by atoms with van der Waals surface area (Å²) in [7, 11) is 0. The largest absolute Gasteiger partial charge is 0.397 e. The lowest BCUT2D eigenvalue weighted by atomic mass is 10.1. The zero-order chi connectivity index (χ0) is 10.6. The van der Waals surface area contributed by atoms with Crippen LogP contribution in [0.5, 0.6) is 0 Å². The minimum Gasteiger partial charge on any atom is -0.397 e. The van der Waals surface area contributed by atoms with Crippen molar-refractivity contribution in [1.29, 1.82) is 0 Å². The molecule has 0 bridgehead atoms. The van der Waals surface area contributed by atoms with Crippen molar-refractivity contribution in [1.82, 2.24) is 0 Å². The third-order valence-corrected chi connectivity index (χ3v) is 1.98. The van der Waals surface area contributed by atoms with E-state index in [9.17, 15) is 4.39 Å². The van der Waals surface area contributed by atoms with Crippen LogP contribution < -0.4 is 5.73 Å². The predicted molar refractivity (Wildman–Crippen MR) is 57.8 cm³/mol. The van der Waals surface area contributed by atoms with E-state index in [2.05, 4.69) is 11.8 Å². The molecule has 3 heteroatoms. The zero-order valence-corrected chi connectivity index (χ0v) is 8.66. The number of rotatable bonds is 1. The van der Waals surface area contributed by atoms with E-state index in [1.165, 1.54) is 12.1 Å². The van der Waals surface area contributed by atoms with Gasteiger partial charge in [0, 0.05) is 12.3 Å². The lowest BCUT2D eigenvalue weighted by Gasteiger charge is -2.02. The zero-order valence-electron chi connectivity index (χ0n) is 7.90. The minimum absolute atomic E-state index is 0.313. The number of nitrogen functional groups attached to an aromatic ring is 1. The van der Waals surface area contributed by atoms with Crippen molar-refractivity contribution in [3.63, 3.8) is 0 Å². The molecule has 0 saturated carbocycles. The molecule has 0 heterocycles. The van der Waals surface area contributed by atoms with Gasteiger partial charge in [0.1, 0.15) is 5.82 Å². The Kier molecular flexibility index (Phi) is 3.79. The van der Waals surface area contributed by atoms with Crippen molar-refractivity contribution >= 4 is 17.3 Å². The molecule has 0 aromatic heterocycles. The highest BCUT2D eigenvalue weighted by molar-refractivity contribution is 6.18. The number of hydrogen-bond acceptors (Lipinski definition) is 1. The number of halogens is 2. The molecule has 0 aliphatic carbocycles. The average Bonchev–Trinajstić information content (AvgIpc) is 2.13.